The highest BCUT2D eigenvalue weighted by atomic mass is 16.5. The molecule has 0 atom stereocenters. The third kappa shape index (κ3) is 5.16. The highest BCUT2D eigenvalue weighted by Crippen LogP contribution is 2.32. The third-order valence-corrected chi connectivity index (χ3v) is 4.45. The van der Waals surface area contributed by atoms with Crippen LogP contribution < -0.4 is 14.8 Å². The number of aromatic nitrogens is 1. The first-order valence-corrected chi connectivity index (χ1v) is 9.41. The number of hydrogen-bond acceptors (Lipinski definition) is 6. The first-order chi connectivity index (χ1) is 14.5. The fraction of sp³-hybridized carbons (Fsp3) is 0.227. The van der Waals surface area contributed by atoms with Crippen LogP contribution in [0.1, 0.15) is 29.8 Å². The molecular formula is C22H22N2O6. The van der Waals surface area contributed by atoms with Gasteiger partial charge in [-0.1, -0.05) is 0 Å². The Kier molecular flexibility index (Phi) is 6.69. The smallest absolute Gasteiger partial charge is 0.303 e. The second-order valence-electron chi connectivity index (χ2n) is 6.59. The Morgan fingerprint density at radius 1 is 1.03 bits per heavy atom. The van der Waals surface area contributed by atoms with Crippen molar-refractivity contribution in [1.29, 1.82) is 0 Å². The summed E-state index contributed by atoms with van der Waals surface area (Å²) in [5.41, 5.74) is -0.0791. The molecule has 2 aromatic carbocycles. The summed E-state index contributed by atoms with van der Waals surface area (Å²) in [7, 11) is 1.59. The molecule has 0 aliphatic rings. The molecule has 0 aliphatic heterocycles. The number of ether oxygens (including phenoxy) is 2. The zero-order valence-electron chi connectivity index (χ0n) is 16.4. The summed E-state index contributed by atoms with van der Waals surface area (Å²) in [6.45, 7) is 0.305. The average Bonchev–Trinajstić information content (AvgIpc) is 2.74. The van der Waals surface area contributed by atoms with Crippen LogP contribution in [0.2, 0.25) is 0 Å². The van der Waals surface area contributed by atoms with Crippen LogP contribution in [-0.2, 0) is 4.79 Å². The molecule has 1 aromatic heterocycles. The number of pyridine rings is 1. The lowest BCUT2D eigenvalue weighted by Crippen LogP contribution is -2.25. The maximum Gasteiger partial charge on any atom is 0.303 e. The Labute approximate surface area is 173 Å². The molecule has 0 saturated carbocycles. The lowest BCUT2D eigenvalue weighted by Gasteiger charge is -2.10. The van der Waals surface area contributed by atoms with Crippen molar-refractivity contribution in [3.63, 3.8) is 0 Å². The number of amides is 1. The molecule has 0 bridgehead atoms. The van der Waals surface area contributed by atoms with E-state index in [1.54, 1.807) is 49.6 Å². The van der Waals surface area contributed by atoms with Crippen LogP contribution in [0.25, 0.3) is 10.8 Å². The Bertz CT molecular complexity index is 1050. The van der Waals surface area contributed by atoms with E-state index in [0.717, 1.165) is 5.75 Å². The normalized spacial score (nSPS) is 10.6. The van der Waals surface area contributed by atoms with Crippen molar-refractivity contribution >= 4 is 22.6 Å². The quantitative estimate of drug-likeness (QED) is 0.460. The first kappa shape index (κ1) is 20.9. The zero-order valence-corrected chi connectivity index (χ0v) is 16.4. The minimum Gasteiger partial charge on any atom is -0.505 e. The second kappa shape index (κ2) is 9.60. The van der Waals surface area contributed by atoms with Crippen molar-refractivity contribution < 1.29 is 29.3 Å². The van der Waals surface area contributed by atoms with Crippen molar-refractivity contribution in [3.8, 4) is 23.0 Å². The van der Waals surface area contributed by atoms with Gasteiger partial charge in [0.15, 0.2) is 11.4 Å². The number of carbonyl (C=O) groups is 2. The van der Waals surface area contributed by atoms with Gasteiger partial charge in [-0.3, -0.25) is 9.59 Å². The molecule has 3 aromatic rings. The van der Waals surface area contributed by atoms with Crippen molar-refractivity contribution in [3.05, 3.63) is 54.4 Å². The number of benzene rings is 2. The topological polar surface area (TPSA) is 118 Å². The molecule has 0 saturated heterocycles. The zero-order chi connectivity index (χ0) is 21.5. The lowest BCUT2D eigenvalue weighted by molar-refractivity contribution is -0.137. The Balaban J connectivity index is 1.69. The van der Waals surface area contributed by atoms with Crippen LogP contribution in [0.15, 0.2) is 48.7 Å². The van der Waals surface area contributed by atoms with Gasteiger partial charge in [-0.2, -0.15) is 0 Å². The molecule has 0 unspecified atom stereocenters. The Morgan fingerprint density at radius 3 is 2.43 bits per heavy atom. The number of carboxylic acid groups (broad SMARTS) is 1. The number of aromatic hydroxyl groups is 1. The fourth-order valence-electron chi connectivity index (χ4n) is 2.88. The molecule has 1 amide bonds. The molecule has 0 fully saturated rings. The summed E-state index contributed by atoms with van der Waals surface area (Å²) < 4.78 is 10.9. The third-order valence-electron chi connectivity index (χ3n) is 4.45. The predicted octanol–water partition coefficient (Wildman–Crippen LogP) is 3.73. The van der Waals surface area contributed by atoms with E-state index in [9.17, 15) is 14.7 Å². The number of aliphatic carboxylic acids is 1. The van der Waals surface area contributed by atoms with Crippen molar-refractivity contribution in [2.45, 2.75) is 19.3 Å². The van der Waals surface area contributed by atoms with Gasteiger partial charge < -0.3 is 25.0 Å². The van der Waals surface area contributed by atoms with Crippen LogP contribution in [0.4, 0.5) is 0 Å². The summed E-state index contributed by atoms with van der Waals surface area (Å²) in [5.74, 6) is 0.318. The number of fused-ring (bicyclic) bond motifs is 1. The van der Waals surface area contributed by atoms with Crippen LogP contribution in [0.3, 0.4) is 0 Å². The number of carbonyl (C=O) groups excluding carboxylic acids is 1. The van der Waals surface area contributed by atoms with E-state index < -0.39 is 11.9 Å². The van der Waals surface area contributed by atoms with Gasteiger partial charge in [0.1, 0.15) is 17.2 Å². The number of rotatable bonds is 9. The SMILES string of the molecule is COc1ccc(Oc2ccc3c(O)c(C(=O)NCCCCC(=O)O)ncc3c2)cc1. The summed E-state index contributed by atoms with van der Waals surface area (Å²) >= 11 is 0. The van der Waals surface area contributed by atoms with E-state index in [1.807, 2.05) is 0 Å². The summed E-state index contributed by atoms with van der Waals surface area (Å²) in [5, 5.41) is 22.8. The van der Waals surface area contributed by atoms with Gasteiger partial charge in [0, 0.05) is 29.9 Å². The van der Waals surface area contributed by atoms with E-state index in [0.29, 0.717) is 41.7 Å². The molecular weight excluding hydrogens is 388 g/mol. The minimum absolute atomic E-state index is 0.0519. The van der Waals surface area contributed by atoms with E-state index in [1.165, 1.54) is 6.20 Å². The molecule has 0 spiro atoms. The Morgan fingerprint density at radius 2 is 1.73 bits per heavy atom. The van der Waals surface area contributed by atoms with Gasteiger partial charge in [0.25, 0.3) is 5.91 Å². The summed E-state index contributed by atoms with van der Waals surface area (Å²) in [6, 6.07) is 12.2. The maximum absolute atomic E-state index is 12.3. The first-order valence-electron chi connectivity index (χ1n) is 9.41. The minimum atomic E-state index is -0.870. The highest BCUT2D eigenvalue weighted by molar-refractivity contribution is 6.01. The summed E-state index contributed by atoms with van der Waals surface area (Å²) in [6.07, 6.45) is 2.54. The van der Waals surface area contributed by atoms with Gasteiger partial charge in [0.2, 0.25) is 0 Å². The largest absolute Gasteiger partial charge is 0.505 e. The number of methoxy groups -OCH3 is 1. The molecule has 3 N–H and O–H groups in total. The summed E-state index contributed by atoms with van der Waals surface area (Å²) in [4.78, 5) is 26.9. The molecule has 8 heteroatoms. The maximum atomic E-state index is 12.3. The molecule has 1 heterocycles. The highest BCUT2D eigenvalue weighted by Gasteiger charge is 2.16. The van der Waals surface area contributed by atoms with Gasteiger partial charge in [-0.25, -0.2) is 4.98 Å². The monoisotopic (exact) mass is 410 g/mol. The van der Waals surface area contributed by atoms with E-state index in [2.05, 4.69) is 10.3 Å². The van der Waals surface area contributed by atoms with Crippen molar-refractivity contribution in [2.24, 2.45) is 0 Å². The Hall–Kier alpha value is -3.81. The van der Waals surface area contributed by atoms with Crippen molar-refractivity contribution in [2.75, 3.05) is 13.7 Å². The lowest BCUT2D eigenvalue weighted by atomic mass is 10.1. The number of nitrogens with zero attached hydrogens (tertiary/aromatic N) is 1. The standard InChI is InChI=1S/C22H22N2O6/c1-29-15-5-7-16(8-6-15)30-17-9-10-18-14(12-17)13-24-20(21(18)27)22(28)23-11-3-2-4-19(25)26/h5-10,12-13,27H,2-4,11H2,1H3,(H,23,28)(H,25,26). The van der Waals surface area contributed by atoms with E-state index >= 15 is 0 Å². The van der Waals surface area contributed by atoms with Gasteiger partial charge >= 0.3 is 5.97 Å². The van der Waals surface area contributed by atoms with Crippen LogP contribution >= 0.6 is 0 Å². The van der Waals surface area contributed by atoms with Gasteiger partial charge in [0.05, 0.1) is 7.11 Å². The van der Waals surface area contributed by atoms with E-state index in [-0.39, 0.29) is 17.9 Å². The van der Waals surface area contributed by atoms with Crippen LogP contribution in [0.5, 0.6) is 23.0 Å². The van der Waals surface area contributed by atoms with Gasteiger partial charge in [-0.05, 0) is 55.3 Å². The number of nitrogens with one attached hydrogen (secondary N) is 1. The molecule has 156 valence electrons. The molecule has 30 heavy (non-hydrogen) atoms. The van der Waals surface area contributed by atoms with Gasteiger partial charge in [-0.15, -0.1) is 0 Å². The number of carboxylic acids is 1. The van der Waals surface area contributed by atoms with Crippen LogP contribution in [-0.4, -0.2) is 40.7 Å². The molecule has 8 nitrogen and oxygen atoms in total. The fourth-order valence-corrected chi connectivity index (χ4v) is 2.88. The predicted molar refractivity (Wildman–Crippen MR) is 110 cm³/mol. The molecule has 0 radical (unpaired) electrons. The van der Waals surface area contributed by atoms with Crippen LogP contribution in [0, 0.1) is 0 Å². The number of unbranched alkanes of at least 4 members (excludes halogenated alkanes) is 1. The second-order valence-corrected chi connectivity index (χ2v) is 6.59. The number of hydrogen-bond donors (Lipinski definition) is 3. The average molecular weight is 410 g/mol. The molecule has 0 aliphatic carbocycles. The molecule has 3 rings (SSSR count). The van der Waals surface area contributed by atoms with Crippen molar-refractivity contribution in [1.82, 2.24) is 10.3 Å². The van der Waals surface area contributed by atoms with E-state index in [4.69, 9.17) is 14.6 Å².